The molecule has 84 valence electrons. The Morgan fingerprint density at radius 1 is 1.38 bits per heavy atom. The SMILES string of the molecule is C/C=C\C(=C/CC)c1ncc(C2CC2)cn1. The number of nitrogens with zero attached hydrogens (tertiary/aromatic N) is 2. The van der Waals surface area contributed by atoms with Gasteiger partial charge in [-0.1, -0.05) is 25.2 Å². The first-order valence-corrected chi connectivity index (χ1v) is 6.00. The maximum atomic E-state index is 4.45. The summed E-state index contributed by atoms with van der Waals surface area (Å²) in [5, 5.41) is 0. The standard InChI is InChI=1S/C14H18N2/c1-3-5-12(6-4-2)14-15-9-13(10-16-14)11-7-8-11/h3,5-6,9-11H,4,7-8H2,1-2H3/b5-3-,12-6+. The highest BCUT2D eigenvalue weighted by molar-refractivity contribution is 5.69. The van der Waals surface area contributed by atoms with Gasteiger partial charge in [0.2, 0.25) is 0 Å². The van der Waals surface area contributed by atoms with Crippen LogP contribution in [-0.2, 0) is 0 Å². The Balaban J connectivity index is 2.21. The van der Waals surface area contributed by atoms with Crippen LogP contribution >= 0.6 is 0 Å². The van der Waals surface area contributed by atoms with E-state index in [1.54, 1.807) is 0 Å². The molecule has 1 aliphatic rings. The summed E-state index contributed by atoms with van der Waals surface area (Å²) in [4.78, 5) is 8.89. The van der Waals surface area contributed by atoms with E-state index in [9.17, 15) is 0 Å². The first kappa shape index (κ1) is 11.1. The molecule has 1 aromatic heterocycles. The molecule has 1 saturated carbocycles. The molecular weight excluding hydrogens is 196 g/mol. The van der Waals surface area contributed by atoms with E-state index >= 15 is 0 Å². The average molecular weight is 214 g/mol. The lowest BCUT2D eigenvalue weighted by molar-refractivity contribution is 1.01. The molecule has 0 aliphatic heterocycles. The molecule has 0 radical (unpaired) electrons. The lowest BCUT2D eigenvalue weighted by Gasteiger charge is -2.02. The molecule has 0 atom stereocenters. The molecule has 1 aromatic rings. The van der Waals surface area contributed by atoms with Gasteiger partial charge in [0.25, 0.3) is 0 Å². The fourth-order valence-electron chi connectivity index (χ4n) is 1.75. The lowest BCUT2D eigenvalue weighted by atomic mass is 10.1. The molecule has 0 bridgehead atoms. The van der Waals surface area contributed by atoms with Crippen molar-refractivity contribution in [1.29, 1.82) is 0 Å². The van der Waals surface area contributed by atoms with Crippen LogP contribution in [0.15, 0.2) is 30.6 Å². The second-order valence-corrected chi connectivity index (χ2v) is 4.18. The van der Waals surface area contributed by atoms with Crippen molar-refractivity contribution in [3.8, 4) is 0 Å². The molecule has 2 heteroatoms. The maximum Gasteiger partial charge on any atom is 0.158 e. The van der Waals surface area contributed by atoms with E-state index in [1.807, 2.05) is 25.4 Å². The van der Waals surface area contributed by atoms with Crippen LogP contribution < -0.4 is 0 Å². The minimum absolute atomic E-state index is 0.731. The van der Waals surface area contributed by atoms with Gasteiger partial charge in [-0.3, -0.25) is 0 Å². The number of aromatic nitrogens is 2. The van der Waals surface area contributed by atoms with Crippen LogP contribution in [0.1, 0.15) is 50.4 Å². The van der Waals surface area contributed by atoms with Crippen LogP contribution in [0.3, 0.4) is 0 Å². The zero-order valence-electron chi connectivity index (χ0n) is 9.98. The molecule has 1 aliphatic carbocycles. The van der Waals surface area contributed by atoms with Crippen molar-refractivity contribution in [2.75, 3.05) is 0 Å². The minimum atomic E-state index is 0.731. The molecule has 16 heavy (non-hydrogen) atoms. The second kappa shape index (κ2) is 5.06. The van der Waals surface area contributed by atoms with Crippen molar-refractivity contribution in [2.45, 2.75) is 39.0 Å². The highest BCUT2D eigenvalue weighted by Crippen LogP contribution is 2.39. The third-order valence-electron chi connectivity index (χ3n) is 2.75. The fraction of sp³-hybridized carbons (Fsp3) is 0.429. The largest absolute Gasteiger partial charge is 0.236 e. The van der Waals surface area contributed by atoms with Gasteiger partial charge in [0.05, 0.1) is 0 Å². The zero-order chi connectivity index (χ0) is 11.4. The van der Waals surface area contributed by atoms with E-state index in [-0.39, 0.29) is 0 Å². The Kier molecular flexibility index (Phi) is 3.50. The van der Waals surface area contributed by atoms with Gasteiger partial charge in [0.1, 0.15) is 0 Å². The van der Waals surface area contributed by atoms with Gasteiger partial charge in [-0.25, -0.2) is 9.97 Å². The monoisotopic (exact) mass is 214 g/mol. The molecule has 0 amide bonds. The summed E-state index contributed by atoms with van der Waals surface area (Å²) in [7, 11) is 0. The van der Waals surface area contributed by atoms with Gasteiger partial charge >= 0.3 is 0 Å². The normalized spacial score (nSPS) is 17.0. The van der Waals surface area contributed by atoms with Crippen molar-refractivity contribution in [1.82, 2.24) is 9.97 Å². The van der Waals surface area contributed by atoms with Gasteiger partial charge in [-0.15, -0.1) is 0 Å². The number of hydrogen-bond acceptors (Lipinski definition) is 2. The van der Waals surface area contributed by atoms with Crippen molar-refractivity contribution in [3.63, 3.8) is 0 Å². The summed E-state index contributed by atoms with van der Waals surface area (Å²) >= 11 is 0. The summed E-state index contributed by atoms with van der Waals surface area (Å²) in [6.45, 7) is 4.14. The van der Waals surface area contributed by atoms with Crippen LogP contribution in [0.2, 0.25) is 0 Å². The molecule has 0 spiro atoms. The Bertz CT molecular complexity index is 397. The van der Waals surface area contributed by atoms with Crippen LogP contribution in [0, 0.1) is 0 Å². The molecular formula is C14H18N2. The van der Waals surface area contributed by atoms with Crippen LogP contribution in [0.5, 0.6) is 0 Å². The Labute approximate surface area is 97.1 Å². The quantitative estimate of drug-likeness (QED) is 0.714. The Morgan fingerprint density at radius 3 is 2.56 bits per heavy atom. The molecule has 1 heterocycles. The predicted molar refractivity (Wildman–Crippen MR) is 67.1 cm³/mol. The molecule has 0 N–H and O–H groups in total. The average Bonchev–Trinajstić information content (AvgIpc) is 3.13. The Morgan fingerprint density at radius 2 is 2.06 bits per heavy atom. The highest BCUT2D eigenvalue weighted by atomic mass is 14.9. The minimum Gasteiger partial charge on any atom is -0.236 e. The number of allylic oxidation sites excluding steroid dienone is 4. The van der Waals surface area contributed by atoms with Gasteiger partial charge < -0.3 is 0 Å². The van der Waals surface area contributed by atoms with E-state index in [1.165, 1.54) is 18.4 Å². The van der Waals surface area contributed by atoms with E-state index in [0.717, 1.165) is 23.7 Å². The fourth-order valence-corrected chi connectivity index (χ4v) is 1.75. The third-order valence-corrected chi connectivity index (χ3v) is 2.75. The first-order chi connectivity index (χ1) is 7.85. The second-order valence-electron chi connectivity index (χ2n) is 4.18. The van der Waals surface area contributed by atoms with Crippen molar-refractivity contribution in [2.24, 2.45) is 0 Å². The number of hydrogen-bond donors (Lipinski definition) is 0. The zero-order valence-corrected chi connectivity index (χ0v) is 9.98. The molecule has 2 nitrogen and oxygen atoms in total. The molecule has 1 fully saturated rings. The smallest absolute Gasteiger partial charge is 0.158 e. The van der Waals surface area contributed by atoms with E-state index in [2.05, 4.69) is 29.0 Å². The Hall–Kier alpha value is -1.44. The topological polar surface area (TPSA) is 25.8 Å². The van der Waals surface area contributed by atoms with Crippen LogP contribution in [-0.4, -0.2) is 9.97 Å². The van der Waals surface area contributed by atoms with Crippen LogP contribution in [0.4, 0.5) is 0 Å². The summed E-state index contributed by atoms with van der Waals surface area (Å²) in [5.74, 6) is 1.57. The summed E-state index contributed by atoms with van der Waals surface area (Å²) in [6.07, 6.45) is 13.8. The van der Waals surface area contributed by atoms with Crippen LogP contribution in [0.25, 0.3) is 5.57 Å². The van der Waals surface area contributed by atoms with E-state index in [0.29, 0.717) is 0 Å². The third kappa shape index (κ3) is 2.57. The molecule has 2 rings (SSSR count). The molecule has 0 saturated heterocycles. The maximum absolute atomic E-state index is 4.45. The predicted octanol–water partition coefficient (Wildman–Crippen LogP) is 3.72. The van der Waals surface area contributed by atoms with Gasteiger partial charge in [0, 0.05) is 18.0 Å². The first-order valence-electron chi connectivity index (χ1n) is 6.00. The summed E-state index contributed by atoms with van der Waals surface area (Å²) in [6, 6.07) is 0. The molecule has 0 unspecified atom stereocenters. The van der Waals surface area contributed by atoms with Gasteiger partial charge in [-0.2, -0.15) is 0 Å². The van der Waals surface area contributed by atoms with E-state index in [4.69, 9.17) is 0 Å². The lowest BCUT2D eigenvalue weighted by Crippen LogP contribution is -1.94. The molecule has 0 aromatic carbocycles. The van der Waals surface area contributed by atoms with E-state index < -0.39 is 0 Å². The summed E-state index contributed by atoms with van der Waals surface area (Å²) in [5.41, 5.74) is 2.41. The van der Waals surface area contributed by atoms with Crippen molar-refractivity contribution >= 4 is 5.57 Å². The number of rotatable bonds is 4. The van der Waals surface area contributed by atoms with Gasteiger partial charge in [-0.05, 0) is 37.7 Å². The van der Waals surface area contributed by atoms with Crippen molar-refractivity contribution in [3.05, 3.63) is 42.0 Å². The van der Waals surface area contributed by atoms with Gasteiger partial charge in [0.15, 0.2) is 5.82 Å². The van der Waals surface area contributed by atoms with Crippen molar-refractivity contribution < 1.29 is 0 Å². The highest BCUT2D eigenvalue weighted by Gasteiger charge is 2.24. The summed E-state index contributed by atoms with van der Waals surface area (Å²) < 4.78 is 0.